The number of hydrazone groups is 1. The van der Waals surface area contributed by atoms with Crippen molar-refractivity contribution in [3.63, 3.8) is 0 Å². The molecule has 1 fully saturated rings. The quantitative estimate of drug-likeness (QED) is 0.189. The molecule has 0 aromatic carbocycles. The first-order valence-corrected chi connectivity index (χ1v) is 2.18. The molecule has 0 aromatic rings. The van der Waals surface area contributed by atoms with E-state index in [1.165, 1.54) is 0 Å². The molecule has 5 nitrogen and oxygen atoms in total. The van der Waals surface area contributed by atoms with Crippen LogP contribution in [-0.4, -0.2) is 29.3 Å². The van der Waals surface area contributed by atoms with Crippen LogP contribution in [0.25, 0.3) is 0 Å². The van der Waals surface area contributed by atoms with E-state index in [1.54, 1.807) is 0 Å². The molecule has 46 valence electrons. The summed E-state index contributed by atoms with van der Waals surface area (Å²) in [5, 5.41) is 3.68. The molecular formula is C4H2N2O3. The minimum absolute atomic E-state index is 0.0892. The lowest BCUT2D eigenvalue weighted by Crippen LogP contribution is -2.49. The molecule has 0 radical (unpaired) electrons. The third kappa shape index (κ3) is 0.729. The molecule has 0 atom stereocenters. The molecule has 1 aliphatic heterocycles. The second-order valence-corrected chi connectivity index (χ2v) is 1.48. The summed E-state index contributed by atoms with van der Waals surface area (Å²) in [4.78, 5) is 29.9. The van der Waals surface area contributed by atoms with E-state index in [-0.39, 0.29) is 6.54 Å². The minimum atomic E-state index is -0.738. The average Bonchev–Trinajstić information content (AvgIpc) is 1.88. The lowest BCUT2D eigenvalue weighted by molar-refractivity contribution is -0.154. The fourth-order valence-electron chi connectivity index (χ4n) is 0.458. The molecule has 1 amide bonds. The van der Waals surface area contributed by atoms with Gasteiger partial charge in [0.1, 0.15) is 6.54 Å². The van der Waals surface area contributed by atoms with E-state index in [0.717, 1.165) is 11.1 Å². The molecule has 0 aromatic heterocycles. The van der Waals surface area contributed by atoms with Gasteiger partial charge in [-0.25, -0.2) is 9.80 Å². The fourth-order valence-corrected chi connectivity index (χ4v) is 0.458. The Bertz CT molecular complexity index is 216. The van der Waals surface area contributed by atoms with Gasteiger partial charge in [-0.15, -0.1) is 0 Å². The highest BCUT2D eigenvalue weighted by atomic mass is 16.2. The van der Waals surface area contributed by atoms with E-state index in [2.05, 4.69) is 5.10 Å². The maximum atomic E-state index is 10.3. The van der Waals surface area contributed by atoms with E-state index < -0.39 is 11.7 Å². The van der Waals surface area contributed by atoms with Crippen LogP contribution in [0.1, 0.15) is 0 Å². The van der Waals surface area contributed by atoms with E-state index in [0.29, 0.717) is 0 Å². The second kappa shape index (κ2) is 1.80. The van der Waals surface area contributed by atoms with Crippen LogP contribution in [0.2, 0.25) is 0 Å². The van der Waals surface area contributed by atoms with Gasteiger partial charge in [0.05, 0.1) is 0 Å². The Kier molecular flexibility index (Phi) is 1.13. The minimum Gasteiger partial charge on any atom is -0.286 e. The second-order valence-electron chi connectivity index (χ2n) is 1.48. The number of carbonyl (C=O) groups is 2. The molecule has 1 rings (SSSR count). The normalized spacial score (nSPS) is 16.7. The van der Waals surface area contributed by atoms with Gasteiger partial charge in [0.2, 0.25) is 5.78 Å². The van der Waals surface area contributed by atoms with Crippen molar-refractivity contribution >= 4 is 17.8 Å². The van der Waals surface area contributed by atoms with Crippen LogP contribution < -0.4 is 0 Å². The molecule has 5 heteroatoms. The van der Waals surface area contributed by atoms with Gasteiger partial charge in [-0.05, 0) is 0 Å². The first-order chi connectivity index (χ1) is 4.25. The van der Waals surface area contributed by atoms with Crippen LogP contribution in [0.15, 0.2) is 5.10 Å². The Balaban J connectivity index is 2.62. The highest BCUT2D eigenvalue weighted by Crippen LogP contribution is 2.02. The van der Waals surface area contributed by atoms with E-state index in [4.69, 9.17) is 0 Å². The van der Waals surface area contributed by atoms with Crippen LogP contribution in [0, 0.1) is 0 Å². The van der Waals surface area contributed by atoms with Crippen LogP contribution in [0.5, 0.6) is 0 Å². The van der Waals surface area contributed by atoms with Crippen LogP contribution in [0.4, 0.5) is 0 Å². The van der Waals surface area contributed by atoms with Gasteiger partial charge in [-0.3, -0.25) is 9.59 Å². The summed E-state index contributed by atoms with van der Waals surface area (Å²) in [5.74, 6) is -1.26. The van der Waals surface area contributed by atoms with Crippen molar-refractivity contribution in [2.24, 2.45) is 5.10 Å². The van der Waals surface area contributed by atoms with Gasteiger partial charge in [0, 0.05) is 0 Å². The number of nitrogens with zero attached hydrogens (tertiary/aromatic N) is 2. The first kappa shape index (κ1) is 5.65. The number of carbonyl (C=O) groups excluding carboxylic acids is 3. The highest BCUT2D eigenvalue weighted by molar-refractivity contribution is 6.42. The molecule has 1 saturated heterocycles. The van der Waals surface area contributed by atoms with Crippen molar-refractivity contribution in [1.82, 2.24) is 5.01 Å². The molecule has 0 spiro atoms. The molecule has 0 aliphatic carbocycles. The summed E-state index contributed by atoms with van der Waals surface area (Å²) >= 11 is 0. The lowest BCUT2D eigenvalue weighted by atomic mass is 10.2. The van der Waals surface area contributed by atoms with Crippen molar-refractivity contribution in [3.05, 3.63) is 0 Å². The van der Waals surface area contributed by atoms with Gasteiger partial charge < -0.3 is 0 Å². The number of hydrogen-bond donors (Lipinski definition) is 0. The van der Waals surface area contributed by atoms with Gasteiger partial charge in [-0.1, -0.05) is 5.10 Å². The molecule has 0 N–H and O–H groups in total. The van der Waals surface area contributed by atoms with E-state index >= 15 is 0 Å². The number of amides is 1. The van der Waals surface area contributed by atoms with Crippen LogP contribution in [0.3, 0.4) is 0 Å². The summed E-state index contributed by atoms with van der Waals surface area (Å²) in [6, 6.07) is 0. The van der Waals surface area contributed by atoms with Gasteiger partial charge >= 0.3 is 5.91 Å². The standard InChI is InChI=1S/C4H2N2O3/c7-2-5-6-1-3(8)4(6)9/h1H2. The predicted molar refractivity (Wildman–Crippen MR) is 24.8 cm³/mol. The Hall–Kier alpha value is -1.48. The Labute approximate surface area is 49.9 Å². The average molecular weight is 126 g/mol. The number of rotatable bonds is 1. The Morgan fingerprint density at radius 2 is 2.22 bits per heavy atom. The maximum Gasteiger partial charge on any atom is 0.313 e. The smallest absolute Gasteiger partial charge is 0.286 e. The summed E-state index contributed by atoms with van der Waals surface area (Å²) in [7, 11) is 0. The lowest BCUT2D eigenvalue weighted by Gasteiger charge is -2.20. The van der Waals surface area contributed by atoms with Crippen LogP contribution >= 0.6 is 0 Å². The van der Waals surface area contributed by atoms with E-state index in [1.807, 2.05) is 0 Å². The summed E-state index contributed by atoms with van der Waals surface area (Å²) in [5.41, 5.74) is 0. The maximum absolute atomic E-state index is 10.3. The number of hydrogen-bond acceptors (Lipinski definition) is 4. The molecule has 0 saturated carbocycles. The topological polar surface area (TPSA) is 66.8 Å². The first-order valence-electron chi connectivity index (χ1n) is 2.18. The molecule has 1 aliphatic rings. The van der Waals surface area contributed by atoms with Crippen LogP contribution in [-0.2, 0) is 14.4 Å². The summed E-state index contributed by atoms with van der Waals surface area (Å²) < 4.78 is 0. The Morgan fingerprint density at radius 3 is 2.56 bits per heavy atom. The van der Waals surface area contributed by atoms with Gasteiger partial charge in [0.15, 0.2) is 0 Å². The van der Waals surface area contributed by atoms with Gasteiger partial charge in [0.25, 0.3) is 6.08 Å². The molecule has 1 heterocycles. The molecule has 0 bridgehead atoms. The van der Waals surface area contributed by atoms with Crippen molar-refractivity contribution < 1.29 is 14.4 Å². The zero-order valence-electron chi connectivity index (χ0n) is 4.33. The predicted octanol–water partition coefficient (Wildman–Crippen LogP) is -1.35. The van der Waals surface area contributed by atoms with Crippen molar-refractivity contribution in [2.75, 3.05) is 6.54 Å². The number of β-lactam (4-membered cyclic amide) rings is 1. The highest BCUT2D eigenvalue weighted by Gasteiger charge is 2.34. The van der Waals surface area contributed by atoms with Crippen molar-refractivity contribution in [3.8, 4) is 0 Å². The molecule has 0 unspecified atom stereocenters. The molecular weight excluding hydrogens is 124 g/mol. The van der Waals surface area contributed by atoms with Crippen molar-refractivity contribution in [1.29, 1.82) is 0 Å². The fraction of sp³-hybridized carbons (Fsp3) is 0.250. The largest absolute Gasteiger partial charge is 0.313 e. The summed E-state index contributed by atoms with van der Waals surface area (Å²) in [6.45, 7) is -0.0892. The number of Topliss-reactive ketones (excluding diaryl/α,β-unsaturated/α-hetero) is 1. The summed E-state index contributed by atoms with van der Waals surface area (Å²) in [6.07, 6.45) is 1.15. The monoisotopic (exact) mass is 126 g/mol. The van der Waals surface area contributed by atoms with Crippen molar-refractivity contribution in [2.45, 2.75) is 0 Å². The zero-order valence-corrected chi connectivity index (χ0v) is 4.33. The third-order valence-electron chi connectivity index (χ3n) is 0.928. The number of ketones is 1. The van der Waals surface area contributed by atoms with E-state index in [9.17, 15) is 14.4 Å². The SMILES string of the molecule is O=C=NN1CC(=O)C1=O. The van der Waals surface area contributed by atoms with Gasteiger partial charge in [-0.2, -0.15) is 0 Å². The zero-order chi connectivity index (χ0) is 6.85. The Morgan fingerprint density at radius 1 is 1.56 bits per heavy atom. The third-order valence-corrected chi connectivity index (χ3v) is 0.928. The molecule has 9 heavy (non-hydrogen) atoms. The number of isocyanates is 1.